The Kier molecular flexibility index (Phi) is 6.87. The molecule has 162 valence electrons. The van der Waals surface area contributed by atoms with Crippen LogP contribution >= 0.6 is 11.6 Å². The molecule has 0 saturated heterocycles. The van der Waals surface area contributed by atoms with Gasteiger partial charge < -0.3 is 10.1 Å². The van der Waals surface area contributed by atoms with Gasteiger partial charge in [-0.25, -0.2) is 8.42 Å². The van der Waals surface area contributed by atoms with Crippen LogP contribution in [0.5, 0.6) is 5.75 Å². The predicted molar refractivity (Wildman–Crippen MR) is 124 cm³/mol. The zero-order valence-electron chi connectivity index (χ0n) is 17.4. The van der Waals surface area contributed by atoms with E-state index in [0.29, 0.717) is 22.1 Å². The highest BCUT2D eigenvalue weighted by molar-refractivity contribution is 7.92. The van der Waals surface area contributed by atoms with Crippen LogP contribution in [-0.4, -0.2) is 28.0 Å². The molecule has 3 aromatic rings. The SMILES string of the molecule is COc1ccc(C)cc1NC(=O)CN(c1ccc(C)c(Cl)c1)S(=O)(=O)c1ccccc1. The summed E-state index contributed by atoms with van der Waals surface area (Å²) in [5, 5.41) is 3.16. The van der Waals surface area contributed by atoms with Gasteiger partial charge in [-0.15, -0.1) is 0 Å². The standard InChI is InChI=1S/C23H23ClN2O4S/c1-16-9-12-22(30-3)21(13-16)25-23(27)15-26(18-11-10-17(2)20(24)14-18)31(28,29)19-7-5-4-6-8-19/h4-14H,15H2,1-3H3,(H,25,27). The summed E-state index contributed by atoms with van der Waals surface area (Å²) in [5.74, 6) is -0.0325. The summed E-state index contributed by atoms with van der Waals surface area (Å²) < 4.78 is 33.1. The lowest BCUT2D eigenvalue weighted by Crippen LogP contribution is -2.38. The summed E-state index contributed by atoms with van der Waals surface area (Å²) in [6.45, 7) is 3.27. The number of amides is 1. The van der Waals surface area contributed by atoms with Crippen LogP contribution in [0.4, 0.5) is 11.4 Å². The van der Waals surface area contributed by atoms with Gasteiger partial charge in [0.15, 0.2) is 0 Å². The summed E-state index contributed by atoms with van der Waals surface area (Å²) >= 11 is 6.24. The van der Waals surface area contributed by atoms with E-state index in [1.54, 1.807) is 42.5 Å². The second-order valence-electron chi connectivity index (χ2n) is 7.01. The zero-order chi connectivity index (χ0) is 22.6. The van der Waals surface area contributed by atoms with E-state index in [0.717, 1.165) is 15.4 Å². The van der Waals surface area contributed by atoms with Gasteiger partial charge in [-0.2, -0.15) is 0 Å². The van der Waals surface area contributed by atoms with Crippen molar-refractivity contribution in [3.8, 4) is 5.75 Å². The molecule has 1 N–H and O–H groups in total. The molecule has 0 atom stereocenters. The molecule has 31 heavy (non-hydrogen) atoms. The third kappa shape index (κ3) is 5.18. The van der Waals surface area contributed by atoms with E-state index in [1.807, 2.05) is 19.9 Å². The Morgan fingerprint density at radius 2 is 1.74 bits per heavy atom. The Bertz CT molecular complexity index is 1200. The average Bonchev–Trinajstić information content (AvgIpc) is 2.75. The van der Waals surface area contributed by atoms with Gasteiger partial charge in [0.1, 0.15) is 12.3 Å². The Balaban J connectivity index is 1.98. The second kappa shape index (κ2) is 9.41. The van der Waals surface area contributed by atoms with Crippen LogP contribution in [0, 0.1) is 13.8 Å². The quantitative estimate of drug-likeness (QED) is 0.551. The summed E-state index contributed by atoms with van der Waals surface area (Å²) in [4.78, 5) is 13.0. The number of sulfonamides is 1. The smallest absolute Gasteiger partial charge is 0.264 e. The Morgan fingerprint density at radius 3 is 2.39 bits per heavy atom. The molecule has 0 aromatic heterocycles. The number of halogens is 1. The fourth-order valence-corrected chi connectivity index (χ4v) is 4.62. The molecule has 0 spiro atoms. The van der Waals surface area contributed by atoms with Gasteiger partial charge >= 0.3 is 0 Å². The van der Waals surface area contributed by atoms with Crippen LogP contribution in [-0.2, 0) is 14.8 Å². The molecule has 0 aliphatic carbocycles. The number of carbonyl (C=O) groups excluding carboxylic acids is 1. The highest BCUT2D eigenvalue weighted by atomic mass is 35.5. The van der Waals surface area contributed by atoms with Gasteiger partial charge in [-0.1, -0.05) is 41.9 Å². The number of nitrogens with one attached hydrogen (secondary N) is 1. The van der Waals surface area contributed by atoms with Gasteiger partial charge in [-0.05, 0) is 61.4 Å². The Labute approximate surface area is 187 Å². The number of ether oxygens (including phenoxy) is 1. The van der Waals surface area contributed by atoms with Crippen molar-refractivity contribution in [2.45, 2.75) is 18.7 Å². The lowest BCUT2D eigenvalue weighted by atomic mass is 10.2. The first-order valence-electron chi connectivity index (χ1n) is 9.51. The van der Waals surface area contributed by atoms with Crippen LogP contribution in [0.3, 0.4) is 0 Å². The molecule has 0 fully saturated rings. The number of methoxy groups -OCH3 is 1. The first-order valence-corrected chi connectivity index (χ1v) is 11.3. The minimum Gasteiger partial charge on any atom is -0.495 e. The van der Waals surface area contributed by atoms with Crippen molar-refractivity contribution >= 4 is 38.9 Å². The maximum atomic E-state index is 13.4. The van der Waals surface area contributed by atoms with Crippen molar-refractivity contribution in [1.29, 1.82) is 0 Å². The minimum atomic E-state index is -4.01. The van der Waals surface area contributed by atoms with Crippen LogP contribution < -0.4 is 14.4 Å². The first-order chi connectivity index (χ1) is 14.7. The highest BCUT2D eigenvalue weighted by Gasteiger charge is 2.27. The van der Waals surface area contributed by atoms with Crippen molar-refractivity contribution in [3.63, 3.8) is 0 Å². The largest absolute Gasteiger partial charge is 0.495 e. The van der Waals surface area contributed by atoms with Gasteiger partial charge in [0.2, 0.25) is 5.91 Å². The van der Waals surface area contributed by atoms with E-state index in [-0.39, 0.29) is 4.90 Å². The molecular weight excluding hydrogens is 436 g/mol. The third-order valence-corrected chi connectivity index (χ3v) is 6.89. The van der Waals surface area contributed by atoms with E-state index >= 15 is 0 Å². The normalized spacial score (nSPS) is 11.1. The molecule has 3 aromatic carbocycles. The number of carbonyl (C=O) groups is 1. The van der Waals surface area contributed by atoms with Crippen molar-refractivity contribution < 1.29 is 17.9 Å². The number of hydrogen-bond acceptors (Lipinski definition) is 4. The molecule has 0 aliphatic rings. The highest BCUT2D eigenvalue weighted by Crippen LogP contribution is 2.29. The maximum absolute atomic E-state index is 13.4. The molecule has 3 rings (SSSR count). The molecular formula is C23H23ClN2O4S. The molecule has 0 radical (unpaired) electrons. The van der Waals surface area contributed by atoms with Crippen molar-refractivity contribution in [1.82, 2.24) is 0 Å². The lowest BCUT2D eigenvalue weighted by Gasteiger charge is -2.25. The third-order valence-electron chi connectivity index (χ3n) is 4.69. The lowest BCUT2D eigenvalue weighted by molar-refractivity contribution is -0.114. The number of hydrogen-bond donors (Lipinski definition) is 1. The van der Waals surface area contributed by atoms with Crippen LogP contribution in [0.25, 0.3) is 0 Å². The number of aryl methyl sites for hydroxylation is 2. The topological polar surface area (TPSA) is 75.7 Å². The second-order valence-corrected chi connectivity index (χ2v) is 9.28. The zero-order valence-corrected chi connectivity index (χ0v) is 19.0. The monoisotopic (exact) mass is 458 g/mol. The Hall–Kier alpha value is -3.03. The first kappa shape index (κ1) is 22.7. The van der Waals surface area contributed by atoms with E-state index in [2.05, 4.69) is 5.32 Å². The minimum absolute atomic E-state index is 0.0765. The summed E-state index contributed by atoms with van der Waals surface area (Å²) in [7, 11) is -2.51. The maximum Gasteiger partial charge on any atom is 0.264 e. The molecule has 0 bridgehead atoms. The molecule has 1 amide bonds. The number of rotatable bonds is 7. The average molecular weight is 459 g/mol. The van der Waals surface area contributed by atoms with Crippen LogP contribution in [0.15, 0.2) is 71.6 Å². The van der Waals surface area contributed by atoms with Gasteiger partial charge in [0, 0.05) is 5.02 Å². The summed E-state index contributed by atoms with van der Waals surface area (Å²) in [6, 6.07) is 18.2. The van der Waals surface area contributed by atoms with Crippen LogP contribution in [0.1, 0.15) is 11.1 Å². The molecule has 6 nitrogen and oxygen atoms in total. The number of nitrogens with zero attached hydrogens (tertiary/aromatic N) is 1. The molecule has 8 heteroatoms. The molecule has 0 heterocycles. The van der Waals surface area contributed by atoms with E-state index < -0.39 is 22.5 Å². The summed E-state index contributed by atoms with van der Waals surface area (Å²) in [6.07, 6.45) is 0. The number of benzene rings is 3. The number of anilines is 2. The van der Waals surface area contributed by atoms with E-state index in [9.17, 15) is 13.2 Å². The van der Waals surface area contributed by atoms with Crippen molar-refractivity contribution in [3.05, 3.63) is 82.9 Å². The van der Waals surface area contributed by atoms with Gasteiger partial charge in [0.05, 0.1) is 23.4 Å². The fraction of sp³-hybridized carbons (Fsp3) is 0.174. The van der Waals surface area contributed by atoms with Crippen LogP contribution in [0.2, 0.25) is 5.02 Å². The Morgan fingerprint density at radius 1 is 1.03 bits per heavy atom. The van der Waals surface area contributed by atoms with Gasteiger partial charge in [-0.3, -0.25) is 9.10 Å². The van der Waals surface area contributed by atoms with Gasteiger partial charge in [0.25, 0.3) is 10.0 Å². The van der Waals surface area contributed by atoms with E-state index in [1.165, 1.54) is 25.3 Å². The fourth-order valence-electron chi connectivity index (χ4n) is 3.01. The van der Waals surface area contributed by atoms with E-state index in [4.69, 9.17) is 16.3 Å². The van der Waals surface area contributed by atoms with Crippen molar-refractivity contribution in [2.75, 3.05) is 23.3 Å². The summed E-state index contributed by atoms with van der Waals surface area (Å²) in [5.41, 5.74) is 2.49. The molecule has 0 aliphatic heterocycles. The molecule has 0 saturated carbocycles. The predicted octanol–water partition coefficient (Wildman–Crippen LogP) is 4.80. The molecule has 0 unspecified atom stereocenters. The van der Waals surface area contributed by atoms with Crippen molar-refractivity contribution in [2.24, 2.45) is 0 Å².